The lowest BCUT2D eigenvalue weighted by Crippen LogP contribution is -1.93. The number of hydrogen-bond acceptors (Lipinski definition) is 4. The Morgan fingerprint density at radius 1 is 1.57 bits per heavy atom. The van der Waals surface area contributed by atoms with Gasteiger partial charge in [-0.2, -0.15) is 15.2 Å². The fraction of sp³-hybridized carbons (Fsp3) is 0.250. The summed E-state index contributed by atoms with van der Waals surface area (Å²) < 4.78 is 1.79. The summed E-state index contributed by atoms with van der Waals surface area (Å²) in [5.41, 5.74) is 2.04. The molecule has 14 heavy (non-hydrogen) atoms. The van der Waals surface area contributed by atoms with Gasteiger partial charge in [0.15, 0.2) is 0 Å². The van der Waals surface area contributed by atoms with Crippen LogP contribution in [-0.2, 0) is 7.05 Å². The predicted octanol–water partition coefficient (Wildman–Crippen LogP) is 0.597. The van der Waals surface area contributed by atoms with Gasteiger partial charge in [-0.05, 0) is 6.92 Å². The molecule has 0 saturated heterocycles. The van der Waals surface area contributed by atoms with Crippen LogP contribution in [0.5, 0.6) is 0 Å². The summed E-state index contributed by atoms with van der Waals surface area (Å²) in [5.74, 6) is 0.494. The number of aliphatic imine (C=N–C) groups is 1. The van der Waals surface area contributed by atoms with Crippen LogP contribution in [0, 0.1) is 6.92 Å². The molecule has 0 aromatic carbocycles. The summed E-state index contributed by atoms with van der Waals surface area (Å²) in [6.07, 6.45) is 4.89. The highest BCUT2D eigenvalue weighted by Gasteiger charge is 1.99. The topological polar surface area (TPSA) is 71.8 Å². The molecule has 0 aliphatic heterocycles. The Labute approximate surface area is 80.7 Å². The maximum atomic E-state index is 4.10. The van der Waals surface area contributed by atoms with Crippen LogP contribution in [0.2, 0.25) is 0 Å². The molecular formula is C8H10N6. The van der Waals surface area contributed by atoms with E-state index in [0.29, 0.717) is 5.95 Å². The largest absolute Gasteiger partial charge is 0.272 e. The fourth-order valence-corrected chi connectivity index (χ4v) is 1.03. The van der Waals surface area contributed by atoms with Gasteiger partial charge in [-0.1, -0.05) is 0 Å². The van der Waals surface area contributed by atoms with Crippen molar-refractivity contribution in [2.75, 3.05) is 0 Å². The van der Waals surface area contributed by atoms with E-state index in [1.165, 1.54) is 6.33 Å². The highest BCUT2D eigenvalue weighted by molar-refractivity contribution is 5.82. The number of hydrogen-bond donors (Lipinski definition) is 1. The molecule has 6 nitrogen and oxygen atoms in total. The second-order valence-electron chi connectivity index (χ2n) is 2.88. The standard InChI is InChI=1S/C8H10N6/c1-6-7(4-12-14(6)2)3-9-8-10-5-11-13-8/h3-5H,1-2H3,(H,10,11,13)/b9-3+. The summed E-state index contributed by atoms with van der Waals surface area (Å²) in [6, 6.07) is 0. The first-order valence-electron chi connectivity index (χ1n) is 4.15. The number of aromatic nitrogens is 5. The van der Waals surface area contributed by atoms with Gasteiger partial charge in [-0.25, -0.2) is 10.1 Å². The van der Waals surface area contributed by atoms with Crippen LogP contribution in [0.15, 0.2) is 17.5 Å². The van der Waals surface area contributed by atoms with E-state index in [2.05, 4.69) is 25.3 Å². The van der Waals surface area contributed by atoms with Gasteiger partial charge in [-0.15, -0.1) is 0 Å². The quantitative estimate of drug-likeness (QED) is 0.705. The lowest BCUT2D eigenvalue weighted by Gasteiger charge is -1.92. The Hall–Kier alpha value is -1.98. The minimum Gasteiger partial charge on any atom is -0.272 e. The van der Waals surface area contributed by atoms with Crippen molar-refractivity contribution in [3.63, 3.8) is 0 Å². The Bertz CT molecular complexity index is 438. The number of nitrogens with zero attached hydrogens (tertiary/aromatic N) is 5. The summed E-state index contributed by atoms with van der Waals surface area (Å²) in [6.45, 7) is 1.98. The van der Waals surface area contributed by atoms with Crippen molar-refractivity contribution < 1.29 is 0 Å². The zero-order valence-corrected chi connectivity index (χ0v) is 7.97. The molecule has 0 fully saturated rings. The van der Waals surface area contributed by atoms with Gasteiger partial charge in [0.2, 0.25) is 5.95 Å². The first-order chi connectivity index (χ1) is 6.77. The highest BCUT2D eigenvalue weighted by Crippen LogP contribution is 2.04. The minimum absolute atomic E-state index is 0.494. The fourth-order valence-electron chi connectivity index (χ4n) is 1.03. The van der Waals surface area contributed by atoms with Crippen LogP contribution in [0.4, 0.5) is 5.95 Å². The van der Waals surface area contributed by atoms with Crippen LogP contribution in [0.3, 0.4) is 0 Å². The lowest BCUT2D eigenvalue weighted by molar-refractivity contribution is 0.740. The van der Waals surface area contributed by atoms with Crippen molar-refractivity contribution in [2.24, 2.45) is 12.0 Å². The molecule has 72 valence electrons. The van der Waals surface area contributed by atoms with E-state index >= 15 is 0 Å². The molecule has 0 bridgehead atoms. The summed E-state index contributed by atoms with van der Waals surface area (Å²) in [4.78, 5) is 7.98. The Morgan fingerprint density at radius 2 is 2.43 bits per heavy atom. The van der Waals surface area contributed by atoms with Crippen molar-refractivity contribution in [1.82, 2.24) is 25.0 Å². The number of rotatable bonds is 2. The maximum absolute atomic E-state index is 4.10. The molecular weight excluding hydrogens is 180 g/mol. The molecule has 0 spiro atoms. The average Bonchev–Trinajstić information content (AvgIpc) is 2.77. The van der Waals surface area contributed by atoms with Crippen LogP contribution < -0.4 is 0 Å². The molecule has 2 aromatic heterocycles. The second kappa shape index (κ2) is 3.41. The van der Waals surface area contributed by atoms with Crippen LogP contribution in [0.1, 0.15) is 11.3 Å². The van der Waals surface area contributed by atoms with Gasteiger partial charge >= 0.3 is 0 Å². The summed E-state index contributed by atoms with van der Waals surface area (Å²) in [5, 5.41) is 10.4. The van der Waals surface area contributed by atoms with Gasteiger partial charge in [0, 0.05) is 24.5 Å². The third-order valence-electron chi connectivity index (χ3n) is 2.00. The maximum Gasteiger partial charge on any atom is 0.245 e. The molecule has 0 amide bonds. The van der Waals surface area contributed by atoms with E-state index in [0.717, 1.165) is 11.3 Å². The normalized spacial score (nSPS) is 11.3. The smallest absolute Gasteiger partial charge is 0.245 e. The lowest BCUT2D eigenvalue weighted by atomic mass is 10.3. The minimum atomic E-state index is 0.494. The second-order valence-corrected chi connectivity index (χ2v) is 2.88. The molecule has 0 radical (unpaired) electrons. The zero-order chi connectivity index (χ0) is 9.97. The predicted molar refractivity (Wildman–Crippen MR) is 51.6 cm³/mol. The molecule has 2 aromatic rings. The molecule has 0 unspecified atom stereocenters. The Balaban J connectivity index is 2.23. The number of aryl methyl sites for hydroxylation is 1. The van der Waals surface area contributed by atoms with Crippen LogP contribution >= 0.6 is 0 Å². The SMILES string of the molecule is Cc1c(/C=N/c2ncn[nH]2)cnn1C. The van der Waals surface area contributed by atoms with Gasteiger partial charge in [-0.3, -0.25) is 4.68 Å². The van der Waals surface area contributed by atoms with Crippen molar-refractivity contribution in [1.29, 1.82) is 0 Å². The van der Waals surface area contributed by atoms with Crippen LogP contribution in [-0.4, -0.2) is 31.2 Å². The molecule has 2 rings (SSSR count). The third-order valence-corrected chi connectivity index (χ3v) is 2.00. The summed E-state index contributed by atoms with van der Waals surface area (Å²) in [7, 11) is 1.89. The first kappa shape index (κ1) is 8.61. The van der Waals surface area contributed by atoms with Crippen LogP contribution in [0.25, 0.3) is 0 Å². The van der Waals surface area contributed by atoms with Gasteiger partial charge in [0.25, 0.3) is 0 Å². The van der Waals surface area contributed by atoms with Crippen molar-refractivity contribution in [2.45, 2.75) is 6.92 Å². The van der Waals surface area contributed by atoms with E-state index in [-0.39, 0.29) is 0 Å². The average molecular weight is 190 g/mol. The van der Waals surface area contributed by atoms with E-state index in [1.54, 1.807) is 17.1 Å². The zero-order valence-electron chi connectivity index (χ0n) is 7.97. The molecule has 1 N–H and O–H groups in total. The molecule has 6 heteroatoms. The summed E-state index contributed by atoms with van der Waals surface area (Å²) >= 11 is 0. The van der Waals surface area contributed by atoms with E-state index < -0.39 is 0 Å². The molecule has 0 aliphatic rings. The monoisotopic (exact) mass is 190 g/mol. The molecule has 2 heterocycles. The number of H-pyrrole nitrogens is 1. The molecule has 0 aliphatic carbocycles. The van der Waals surface area contributed by atoms with Gasteiger partial charge in [0.05, 0.1) is 6.20 Å². The Kier molecular flexibility index (Phi) is 2.10. The van der Waals surface area contributed by atoms with E-state index in [9.17, 15) is 0 Å². The van der Waals surface area contributed by atoms with Gasteiger partial charge < -0.3 is 0 Å². The van der Waals surface area contributed by atoms with Crippen molar-refractivity contribution in [3.05, 3.63) is 23.8 Å². The molecule has 0 atom stereocenters. The number of aromatic amines is 1. The third kappa shape index (κ3) is 1.54. The van der Waals surface area contributed by atoms with E-state index in [1.807, 2.05) is 14.0 Å². The highest BCUT2D eigenvalue weighted by atomic mass is 15.3. The van der Waals surface area contributed by atoms with Crippen molar-refractivity contribution in [3.8, 4) is 0 Å². The first-order valence-corrected chi connectivity index (χ1v) is 4.15. The Morgan fingerprint density at radius 3 is 3.00 bits per heavy atom. The van der Waals surface area contributed by atoms with Gasteiger partial charge in [0.1, 0.15) is 6.33 Å². The molecule has 0 saturated carbocycles. The van der Waals surface area contributed by atoms with Crippen molar-refractivity contribution >= 4 is 12.2 Å². The van der Waals surface area contributed by atoms with E-state index in [4.69, 9.17) is 0 Å². The number of nitrogens with one attached hydrogen (secondary N) is 1.